The van der Waals surface area contributed by atoms with Crippen molar-refractivity contribution in [3.8, 4) is 16.9 Å². The summed E-state index contributed by atoms with van der Waals surface area (Å²) in [6, 6.07) is 16.5. The third-order valence-corrected chi connectivity index (χ3v) is 7.69. The topological polar surface area (TPSA) is 77.7 Å². The van der Waals surface area contributed by atoms with Crippen LogP contribution in [0, 0.1) is 5.92 Å². The molecule has 0 aliphatic heterocycles. The molecule has 2 aromatic carbocycles. The van der Waals surface area contributed by atoms with Crippen molar-refractivity contribution < 1.29 is 18.8 Å². The molecular weight excluding hydrogens is 502 g/mol. The molecule has 0 spiro atoms. The zero-order valence-electron chi connectivity index (χ0n) is 24.8. The number of carbonyl (C=O) groups is 1. The lowest BCUT2D eigenvalue weighted by Crippen LogP contribution is -2.39. The molecule has 0 bridgehead atoms. The molecule has 7 nitrogen and oxygen atoms in total. The quantitative estimate of drug-likeness (QED) is 0.220. The number of hydrogen-bond donors (Lipinski definition) is 0. The molecule has 0 N–H and O–H groups in total. The van der Waals surface area contributed by atoms with Crippen LogP contribution < -0.4 is 9.64 Å². The summed E-state index contributed by atoms with van der Waals surface area (Å²) < 4.78 is 16.6. The zero-order valence-corrected chi connectivity index (χ0v) is 24.8. The summed E-state index contributed by atoms with van der Waals surface area (Å²) in [7, 11) is 1.77. The number of carbonyl (C=O) groups excluding carboxylic acids is 1. The molecule has 1 aliphatic rings. The summed E-state index contributed by atoms with van der Waals surface area (Å²) in [4.78, 5) is 20.4. The van der Waals surface area contributed by atoms with E-state index < -0.39 is 0 Å². The molecule has 3 aromatic rings. The zero-order chi connectivity index (χ0) is 28.5. The van der Waals surface area contributed by atoms with Crippen molar-refractivity contribution in [1.82, 2.24) is 10.1 Å². The van der Waals surface area contributed by atoms with Gasteiger partial charge < -0.3 is 18.9 Å². The lowest BCUT2D eigenvalue weighted by molar-refractivity contribution is -0.124. The first-order valence-corrected chi connectivity index (χ1v) is 14.8. The fraction of sp³-hybridized carbons (Fsp3) is 0.545. The number of rotatable bonds is 12. The normalized spacial score (nSPS) is 17.5. The Kier molecular flexibility index (Phi) is 10.4. The number of benzene rings is 2. The second-order valence-corrected chi connectivity index (χ2v) is 11.8. The Hall–Kier alpha value is -3.19. The summed E-state index contributed by atoms with van der Waals surface area (Å²) in [5.74, 6) is 2.56. The Bertz CT molecular complexity index is 1210. The van der Waals surface area contributed by atoms with Gasteiger partial charge in [0.05, 0.1) is 12.7 Å². The molecule has 0 radical (unpaired) electrons. The van der Waals surface area contributed by atoms with E-state index in [1.807, 2.05) is 30.0 Å². The molecule has 1 saturated carbocycles. The van der Waals surface area contributed by atoms with Crippen molar-refractivity contribution in [3.05, 3.63) is 60.2 Å². The van der Waals surface area contributed by atoms with E-state index in [0.29, 0.717) is 19.0 Å². The van der Waals surface area contributed by atoms with Crippen LogP contribution >= 0.6 is 0 Å². The van der Waals surface area contributed by atoms with Gasteiger partial charge >= 0.3 is 0 Å². The van der Waals surface area contributed by atoms with Gasteiger partial charge in [-0.1, -0.05) is 56.6 Å². The molecular formula is C33H45N3O4. The molecule has 0 saturated heterocycles. The molecule has 1 aromatic heterocycles. The first-order chi connectivity index (χ1) is 19.3. The maximum absolute atomic E-state index is 13.9. The second-order valence-electron chi connectivity index (χ2n) is 11.8. The molecule has 4 rings (SSSR count). The summed E-state index contributed by atoms with van der Waals surface area (Å²) in [5.41, 5.74) is 3.03. The van der Waals surface area contributed by atoms with Crippen LogP contribution in [0.4, 0.5) is 5.69 Å². The molecule has 0 unspecified atom stereocenters. The second kappa shape index (κ2) is 13.9. The van der Waals surface area contributed by atoms with Crippen molar-refractivity contribution >= 4 is 11.6 Å². The van der Waals surface area contributed by atoms with Gasteiger partial charge in [0, 0.05) is 37.1 Å². The highest BCUT2D eigenvalue weighted by atomic mass is 16.5. The van der Waals surface area contributed by atoms with Crippen molar-refractivity contribution in [1.29, 1.82) is 0 Å². The highest BCUT2D eigenvalue weighted by Gasteiger charge is 2.30. The average molecular weight is 548 g/mol. The van der Waals surface area contributed by atoms with E-state index in [4.69, 9.17) is 14.0 Å². The van der Waals surface area contributed by atoms with Crippen LogP contribution in [-0.2, 0) is 21.4 Å². The summed E-state index contributed by atoms with van der Waals surface area (Å²) >= 11 is 0. The summed E-state index contributed by atoms with van der Waals surface area (Å²) in [5, 5.41) is 4.13. The lowest BCUT2D eigenvalue weighted by Gasteiger charge is -2.32. The maximum Gasteiger partial charge on any atom is 0.230 e. The fourth-order valence-electron chi connectivity index (χ4n) is 5.28. The first kappa shape index (κ1) is 29.8. The van der Waals surface area contributed by atoms with E-state index in [1.54, 1.807) is 7.11 Å². The van der Waals surface area contributed by atoms with E-state index in [2.05, 4.69) is 61.2 Å². The number of aromatic nitrogens is 2. The number of unbranched alkanes of at least 4 members (excludes halogenated alkanes) is 2. The Morgan fingerprint density at radius 1 is 1.00 bits per heavy atom. The van der Waals surface area contributed by atoms with E-state index in [-0.39, 0.29) is 23.3 Å². The van der Waals surface area contributed by atoms with E-state index >= 15 is 0 Å². The van der Waals surface area contributed by atoms with Crippen LogP contribution in [0.1, 0.15) is 84.4 Å². The number of amides is 1. The predicted octanol–water partition coefficient (Wildman–Crippen LogP) is 7.38. The maximum atomic E-state index is 13.9. The van der Waals surface area contributed by atoms with E-state index in [1.165, 1.54) is 0 Å². The van der Waals surface area contributed by atoms with Gasteiger partial charge in [-0.25, -0.2) is 0 Å². The Labute approximate surface area is 239 Å². The molecule has 216 valence electrons. The SMILES string of the molecule is CCOc1ccc(-c2cccc(N(CCCCCc3nc(C(C)(C)C)no3)C(=O)C3CCC(OC)CC3)c2)cc1. The average Bonchev–Trinajstić information content (AvgIpc) is 3.45. The van der Waals surface area contributed by atoms with Crippen LogP contribution in [0.15, 0.2) is 53.1 Å². The smallest absolute Gasteiger partial charge is 0.230 e. The van der Waals surface area contributed by atoms with Crippen LogP contribution in [0.5, 0.6) is 5.75 Å². The number of nitrogens with zero attached hydrogens (tertiary/aromatic N) is 3. The minimum absolute atomic E-state index is 0.0368. The minimum Gasteiger partial charge on any atom is -0.494 e. The van der Waals surface area contributed by atoms with Crippen LogP contribution in [-0.4, -0.2) is 42.4 Å². The number of anilines is 1. The standard InChI is InChI=1S/C33H45N3O4/c1-6-39-29-20-14-24(15-21-29)26-11-10-12-27(23-26)36(31(37)25-16-18-28(38-5)19-17-25)22-9-7-8-13-30-34-32(35-40-30)33(2,3)4/h10-12,14-15,20-21,23,25,28H,6-9,13,16-19,22H2,1-5H3. The third-order valence-electron chi connectivity index (χ3n) is 7.69. The number of aryl methyl sites for hydroxylation is 1. The lowest BCUT2D eigenvalue weighted by atomic mass is 9.86. The summed E-state index contributed by atoms with van der Waals surface area (Å²) in [6.07, 6.45) is 7.48. The Morgan fingerprint density at radius 3 is 2.40 bits per heavy atom. The van der Waals surface area contributed by atoms with Gasteiger partial charge in [0.15, 0.2) is 5.82 Å². The molecule has 40 heavy (non-hydrogen) atoms. The number of ether oxygens (including phenoxy) is 2. The first-order valence-electron chi connectivity index (χ1n) is 14.8. The minimum atomic E-state index is -0.120. The van der Waals surface area contributed by atoms with Crippen LogP contribution in [0.3, 0.4) is 0 Å². The van der Waals surface area contributed by atoms with Crippen molar-refractivity contribution in [3.63, 3.8) is 0 Å². The Balaban J connectivity index is 1.43. The number of hydrogen-bond acceptors (Lipinski definition) is 6. The molecule has 7 heteroatoms. The highest BCUT2D eigenvalue weighted by Crippen LogP contribution is 2.32. The molecule has 1 aliphatic carbocycles. The van der Waals surface area contributed by atoms with Crippen molar-refractivity contribution in [2.24, 2.45) is 5.92 Å². The van der Waals surface area contributed by atoms with E-state index in [9.17, 15) is 4.79 Å². The van der Waals surface area contributed by atoms with Gasteiger partial charge in [0.1, 0.15) is 5.75 Å². The monoisotopic (exact) mass is 547 g/mol. The predicted molar refractivity (Wildman–Crippen MR) is 159 cm³/mol. The molecule has 0 atom stereocenters. The van der Waals surface area contributed by atoms with Crippen molar-refractivity contribution in [2.75, 3.05) is 25.2 Å². The van der Waals surface area contributed by atoms with Gasteiger partial charge in [-0.3, -0.25) is 4.79 Å². The molecule has 1 heterocycles. The Morgan fingerprint density at radius 2 is 1.75 bits per heavy atom. The molecule has 1 fully saturated rings. The van der Waals surface area contributed by atoms with Gasteiger partial charge in [-0.2, -0.15) is 4.98 Å². The summed E-state index contributed by atoms with van der Waals surface area (Å²) in [6.45, 7) is 9.57. The van der Waals surface area contributed by atoms with Gasteiger partial charge in [-0.05, 0) is 80.8 Å². The highest BCUT2D eigenvalue weighted by molar-refractivity contribution is 5.95. The van der Waals surface area contributed by atoms with Crippen LogP contribution in [0.25, 0.3) is 11.1 Å². The fourth-order valence-corrected chi connectivity index (χ4v) is 5.28. The third kappa shape index (κ3) is 7.94. The van der Waals surface area contributed by atoms with Gasteiger partial charge in [-0.15, -0.1) is 0 Å². The number of methoxy groups -OCH3 is 1. The van der Waals surface area contributed by atoms with Crippen molar-refractivity contribution in [2.45, 2.75) is 90.6 Å². The molecule has 1 amide bonds. The largest absolute Gasteiger partial charge is 0.494 e. The van der Waals surface area contributed by atoms with E-state index in [0.717, 1.165) is 79.8 Å². The van der Waals surface area contributed by atoms with Gasteiger partial charge in [0.25, 0.3) is 0 Å². The van der Waals surface area contributed by atoms with Gasteiger partial charge in [0.2, 0.25) is 11.8 Å². The van der Waals surface area contributed by atoms with Crippen LogP contribution in [0.2, 0.25) is 0 Å².